The van der Waals surface area contributed by atoms with E-state index >= 15 is 0 Å². The second-order valence-corrected chi connectivity index (χ2v) is 11.4. The van der Waals surface area contributed by atoms with Gasteiger partial charge < -0.3 is 14.6 Å². The molecule has 0 spiro atoms. The van der Waals surface area contributed by atoms with Crippen molar-refractivity contribution < 1.29 is 36.9 Å². The van der Waals surface area contributed by atoms with E-state index in [1.54, 1.807) is 32.9 Å². The minimum absolute atomic E-state index is 0.0222. The molecule has 0 saturated heterocycles. The monoisotopic (exact) mass is 602 g/mol. The summed E-state index contributed by atoms with van der Waals surface area (Å²) >= 11 is 5.96. The van der Waals surface area contributed by atoms with Gasteiger partial charge in [-0.1, -0.05) is 31.5 Å². The number of ether oxygens (including phenoxy) is 2. The molecule has 3 heterocycles. The van der Waals surface area contributed by atoms with Crippen LogP contribution < -0.4 is 9.47 Å². The number of carbonyl (C=O) groups is 1. The largest absolute Gasteiger partial charge is 0.494 e. The number of halogens is 5. The minimum atomic E-state index is -5.20. The molecule has 4 aromatic rings. The van der Waals surface area contributed by atoms with Crippen molar-refractivity contribution in [2.45, 2.75) is 50.8 Å². The zero-order valence-corrected chi connectivity index (χ0v) is 24.0. The van der Waals surface area contributed by atoms with E-state index in [-0.39, 0.29) is 34.2 Å². The van der Waals surface area contributed by atoms with Gasteiger partial charge in [-0.3, -0.25) is 4.79 Å². The molecule has 0 aliphatic carbocycles. The average Bonchev–Trinajstić information content (AvgIpc) is 3.25. The molecule has 0 amide bonds. The third-order valence-corrected chi connectivity index (χ3v) is 7.81. The molecule has 0 radical (unpaired) electrons. The summed E-state index contributed by atoms with van der Waals surface area (Å²) in [6.45, 7) is 5.51. The molecule has 1 unspecified atom stereocenters. The zero-order valence-electron chi connectivity index (χ0n) is 23.2. The quantitative estimate of drug-likeness (QED) is 0.174. The molecule has 0 bridgehead atoms. The highest BCUT2D eigenvalue weighted by molar-refractivity contribution is 6.31. The van der Waals surface area contributed by atoms with Gasteiger partial charge in [-0.15, -0.1) is 0 Å². The maximum atomic E-state index is 14.7. The number of ketones is 1. The van der Waals surface area contributed by atoms with Crippen LogP contribution in [0.1, 0.15) is 54.0 Å². The molecular weight excluding hydrogens is 576 g/mol. The van der Waals surface area contributed by atoms with Crippen molar-refractivity contribution in [2.24, 2.45) is 0 Å². The van der Waals surface area contributed by atoms with E-state index in [2.05, 4.69) is 9.97 Å². The summed E-state index contributed by atoms with van der Waals surface area (Å²) in [6.07, 6.45) is -6.85. The zero-order chi connectivity index (χ0) is 30.6. The number of carbonyl (C=O) groups excluding carboxylic acids is 1. The van der Waals surface area contributed by atoms with Crippen LogP contribution in [0, 0.1) is 12.7 Å². The van der Waals surface area contributed by atoms with Gasteiger partial charge in [0.15, 0.2) is 5.78 Å². The van der Waals surface area contributed by atoms with Crippen LogP contribution in [0.4, 0.5) is 17.6 Å². The average molecular weight is 603 g/mol. The fourth-order valence-corrected chi connectivity index (χ4v) is 5.21. The molecule has 42 heavy (non-hydrogen) atoms. The first-order valence-electron chi connectivity index (χ1n) is 13.1. The van der Waals surface area contributed by atoms with Crippen molar-refractivity contribution >= 4 is 28.3 Å². The Kier molecular flexibility index (Phi) is 7.43. The summed E-state index contributed by atoms with van der Waals surface area (Å²) in [4.78, 5) is 21.8. The maximum absolute atomic E-state index is 14.7. The number of aromatic nitrogens is 2. The first-order valence-corrected chi connectivity index (χ1v) is 13.4. The van der Waals surface area contributed by atoms with Gasteiger partial charge >= 0.3 is 6.18 Å². The Bertz CT molecular complexity index is 1720. The van der Waals surface area contributed by atoms with Gasteiger partial charge in [-0.05, 0) is 55.8 Å². The molecule has 1 aliphatic heterocycles. The fourth-order valence-electron chi connectivity index (χ4n) is 5.03. The first kappa shape index (κ1) is 29.7. The standard InChI is InChI=1S/C31H27ClF4N2O4/c1-16-5-6-17-11-19(13-24(41-4)26(17)37-16)23(39)9-10-30(40,31(34,35)36)25-14-20-28(42-15-29(20,2)3)27(38-25)18-7-8-22(33)21(32)12-18/h5-8,11-14,40H,9-10,15H2,1-4H3. The highest BCUT2D eigenvalue weighted by atomic mass is 35.5. The normalized spacial score (nSPS) is 15.7. The Morgan fingerprint density at radius 2 is 1.86 bits per heavy atom. The Hall–Kier alpha value is -3.76. The van der Waals surface area contributed by atoms with Crippen molar-refractivity contribution in [1.82, 2.24) is 9.97 Å². The molecule has 0 saturated carbocycles. The topological polar surface area (TPSA) is 81.5 Å². The van der Waals surface area contributed by atoms with Crippen LogP contribution in [-0.4, -0.2) is 40.8 Å². The molecule has 6 nitrogen and oxygen atoms in total. The summed E-state index contributed by atoms with van der Waals surface area (Å²) in [5.41, 5.74) is -2.97. The number of methoxy groups -OCH3 is 1. The predicted molar refractivity (Wildman–Crippen MR) is 150 cm³/mol. The highest BCUT2D eigenvalue weighted by Crippen LogP contribution is 2.49. The van der Waals surface area contributed by atoms with Gasteiger partial charge in [0, 0.05) is 39.6 Å². The molecule has 2 aromatic carbocycles. The number of fused-ring (bicyclic) bond motifs is 2. The molecule has 2 aromatic heterocycles. The van der Waals surface area contributed by atoms with Gasteiger partial charge in [0.25, 0.3) is 0 Å². The van der Waals surface area contributed by atoms with Crippen molar-refractivity contribution in [3.05, 3.63) is 81.9 Å². The van der Waals surface area contributed by atoms with Gasteiger partial charge in [-0.2, -0.15) is 13.2 Å². The smallest absolute Gasteiger partial charge is 0.422 e. The summed E-state index contributed by atoms with van der Waals surface area (Å²) in [5.74, 6) is -0.820. The Morgan fingerprint density at radius 3 is 2.52 bits per heavy atom. The number of hydrogen-bond donors (Lipinski definition) is 1. The number of benzene rings is 2. The van der Waals surface area contributed by atoms with Crippen LogP contribution in [-0.2, 0) is 11.0 Å². The van der Waals surface area contributed by atoms with E-state index in [1.807, 2.05) is 0 Å². The number of nitrogens with zero attached hydrogens (tertiary/aromatic N) is 2. The Morgan fingerprint density at radius 1 is 1.12 bits per heavy atom. The van der Waals surface area contributed by atoms with Crippen LogP contribution in [0.2, 0.25) is 5.02 Å². The van der Waals surface area contributed by atoms with Crippen molar-refractivity contribution in [1.29, 1.82) is 0 Å². The third kappa shape index (κ3) is 5.18. The summed E-state index contributed by atoms with van der Waals surface area (Å²) < 4.78 is 69.1. The molecule has 1 atom stereocenters. The number of rotatable bonds is 7. The van der Waals surface area contributed by atoms with Gasteiger partial charge in [0.1, 0.15) is 28.5 Å². The van der Waals surface area contributed by atoms with E-state index in [1.165, 1.54) is 37.4 Å². The first-order chi connectivity index (χ1) is 19.6. The number of aryl methyl sites for hydroxylation is 1. The van der Waals surface area contributed by atoms with Crippen LogP contribution in [0.3, 0.4) is 0 Å². The lowest BCUT2D eigenvalue weighted by molar-refractivity contribution is -0.270. The molecule has 5 rings (SSSR count). The SMILES string of the molecule is COc1cc(C(=O)CCC(O)(c2cc3c(c(-c4ccc(F)c(Cl)c4)n2)OCC3(C)C)C(F)(F)F)cc2ccc(C)nc12. The lowest BCUT2D eigenvalue weighted by atomic mass is 9.83. The third-order valence-electron chi connectivity index (χ3n) is 7.52. The molecule has 1 aliphatic rings. The van der Waals surface area contributed by atoms with E-state index < -0.39 is 47.3 Å². The molecule has 220 valence electrons. The van der Waals surface area contributed by atoms with Crippen LogP contribution >= 0.6 is 11.6 Å². The van der Waals surface area contributed by atoms with Crippen molar-refractivity contribution in [3.8, 4) is 22.8 Å². The molecule has 0 fully saturated rings. The number of aliphatic hydroxyl groups is 1. The minimum Gasteiger partial charge on any atom is -0.494 e. The molecule has 1 N–H and O–H groups in total. The molecule has 11 heteroatoms. The van der Waals surface area contributed by atoms with Crippen LogP contribution in [0.25, 0.3) is 22.2 Å². The number of Topliss-reactive ketones (excluding diaryl/α,β-unsaturated/α-hetero) is 1. The number of hydrogen-bond acceptors (Lipinski definition) is 6. The van der Waals surface area contributed by atoms with E-state index in [9.17, 15) is 27.5 Å². The van der Waals surface area contributed by atoms with Crippen molar-refractivity contribution in [3.63, 3.8) is 0 Å². The Labute approximate surface area is 244 Å². The van der Waals surface area contributed by atoms with Gasteiger partial charge in [0.2, 0.25) is 5.60 Å². The summed E-state index contributed by atoms with van der Waals surface area (Å²) in [7, 11) is 1.41. The van der Waals surface area contributed by atoms with Gasteiger partial charge in [0.05, 0.1) is 24.4 Å². The lowest BCUT2D eigenvalue weighted by Crippen LogP contribution is -2.43. The summed E-state index contributed by atoms with van der Waals surface area (Å²) in [5, 5.41) is 11.6. The van der Waals surface area contributed by atoms with E-state index in [4.69, 9.17) is 21.1 Å². The van der Waals surface area contributed by atoms with E-state index in [0.29, 0.717) is 22.2 Å². The van der Waals surface area contributed by atoms with Gasteiger partial charge in [-0.25, -0.2) is 14.4 Å². The molecular formula is C31H27ClF4N2O4. The maximum Gasteiger partial charge on any atom is 0.422 e. The Balaban J connectivity index is 1.57. The van der Waals surface area contributed by atoms with E-state index in [0.717, 1.165) is 11.8 Å². The second kappa shape index (κ2) is 10.5. The highest BCUT2D eigenvalue weighted by Gasteiger charge is 2.56. The fraction of sp³-hybridized carbons (Fsp3) is 0.323. The second-order valence-electron chi connectivity index (χ2n) is 11.0. The number of pyridine rings is 2. The lowest BCUT2D eigenvalue weighted by Gasteiger charge is -2.31. The van der Waals surface area contributed by atoms with Crippen LogP contribution in [0.15, 0.2) is 48.5 Å². The van der Waals surface area contributed by atoms with Crippen LogP contribution in [0.5, 0.6) is 11.5 Å². The number of alkyl halides is 3. The summed E-state index contributed by atoms with van der Waals surface area (Å²) in [6, 6.07) is 11.2. The predicted octanol–water partition coefficient (Wildman–Crippen LogP) is 7.49. The van der Waals surface area contributed by atoms with Crippen molar-refractivity contribution in [2.75, 3.05) is 13.7 Å².